The van der Waals surface area contributed by atoms with Gasteiger partial charge in [0.1, 0.15) is 29.0 Å². The van der Waals surface area contributed by atoms with Gasteiger partial charge in [-0.1, -0.05) is 6.07 Å². The fourth-order valence-corrected chi connectivity index (χ4v) is 2.12. The van der Waals surface area contributed by atoms with Crippen molar-refractivity contribution in [2.45, 2.75) is 6.04 Å². The Hall–Kier alpha value is -2.21. The zero-order valence-corrected chi connectivity index (χ0v) is 11.5. The van der Waals surface area contributed by atoms with Crippen LogP contribution in [0.5, 0.6) is 11.5 Å². The first-order valence-corrected chi connectivity index (χ1v) is 6.10. The van der Waals surface area contributed by atoms with Crippen molar-refractivity contribution >= 4 is 0 Å². The Kier molecular flexibility index (Phi) is 4.37. The van der Waals surface area contributed by atoms with E-state index in [0.717, 1.165) is 18.2 Å². The van der Waals surface area contributed by atoms with Gasteiger partial charge in [-0.05, 0) is 12.1 Å². The fourth-order valence-electron chi connectivity index (χ4n) is 2.12. The first-order chi connectivity index (χ1) is 9.99. The summed E-state index contributed by atoms with van der Waals surface area (Å²) in [5.41, 5.74) is 5.29. The molecule has 112 valence electrons. The summed E-state index contributed by atoms with van der Waals surface area (Å²) in [6.45, 7) is 0. The molecule has 1 atom stereocenters. The van der Waals surface area contributed by atoms with Crippen LogP contribution in [0.15, 0.2) is 30.3 Å². The molecule has 0 amide bonds. The fraction of sp³-hybridized carbons (Fsp3) is 0.200. The maximum Gasteiger partial charge on any atom is 0.134 e. The molecule has 0 heterocycles. The van der Waals surface area contributed by atoms with Crippen molar-refractivity contribution in [3.05, 3.63) is 58.9 Å². The maximum atomic E-state index is 14.0. The molecule has 6 heteroatoms. The Bertz CT molecular complexity index is 638. The van der Waals surface area contributed by atoms with E-state index in [1.54, 1.807) is 0 Å². The second kappa shape index (κ2) is 6.05. The van der Waals surface area contributed by atoms with E-state index < -0.39 is 29.1 Å². The standard InChI is InChI=1S/C15H14F3NO2/c1-20-8-6-10(17)13(11(18)7-8)15(19)14-9(16)4-3-5-12(14)21-2/h3-7,15H,19H2,1-2H3. The number of ether oxygens (including phenoxy) is 2. The van der Waals surface area contributed by atoms with E-state index in [2.05, 4.69) is 0 Å². The highest BCUT2D eigenvalue weighted by Crippen LogP contribution is 2.34. The topological polar surface area (TPSA) is 44.5 Å². The highest BCUT2D eigenvalue weighted by molar-refractivity contribution is 5.44. The summed E-state index contributed by atoms with van der Waals surface area (Å²) < 4.78 is 51.8. The Morgan fingerprint density at radius 3 is 2.05 bits per heavy atom. The molecule has 0 aromatic heterocycles. The molecular formula is C15H14F3NO2. The van der Waals surface area contributed by atoms with E-state index in [0.29, 0.717) is 0 Å². The second-order valence-corrected chi connectivity index (χ2v) is 4.34. The molecule has 3 nitrogen and oxygen atoms in total. The minimum atomic E-state index is -1.34. The third-order valence-corrected chi connectivity index (χ3v) is 3.14. The van der Waals surface area contributed by atoms with Crippen molar-refractivity contribution in [1.29, 1.82) is 0 Å². The molecule has 0 aliphatic heterocycles. The van der Waals surface area contributed by atoms with Gasteiger partial charge >= 0.3 is 0 Å². The highest BCUT2D eigenvalue weighted by atomic mass is 19.1. The quantitative estimate of drug-likeness (QED) is 0.942. The number of benzene rings is 2. The Labute approximate surface area is 120 Å². The number of halogens is 3. The molecule has 0 radical (unpaired) electrons. The van der Waals surface area contributed by atoms with Gasteiger partial charge in [-0.25, -0.2) is 13.2 Å². The molecule has 2 aromatic carbocycles. The molecule has 21 heavy (non-hydrogen) atoms. The summed E-state index contributed by atoms with van der Waals surface area (Å²) in [6.07, 6.45) is 0. The first kappa shape index (κ1) is 15.2. The van der Waals surface area contributed by atoms with Crippen molar-refractivity contribution in [3.63, 3.8) is 0 Å². The van der Waals surface area contributed by atoms with Crippen molar-refractivity contribution in [2.24, 2.45) is 5.73 Å². The molecule has 0 fully saturated rings. The van der Waals surface area contributed by atoms with Crippen LogP contribution in [0, 0.1) is 17.5 Å². The average molecular weight is 297 g/mol. The van der Waals surface area contributed by atoms with Crippen molar-refractivity contribution in [1.82, 2.24) is 0 Å². The lowest BCUT2D eigenvalue weighted by atomic mass is 9.97. The molecule has 0 saturated heterocycles. The molecule has 0 bridgehead atoms. The molecule has 0 spiro atoms. The lowest BCUT2D eigenvalue weighted by Crippen LogP contribution is -2.18. The molecule has 1 unspecified atom stereocenters. The van der Waals surface area contributed by atoms with Crippen LogP contribution >= 0.6 is 0 Å². The number of nitrogens with two attached hydrogens (primary N) is 1. The third-order valence-electron chi connectivity index (χ3n) is 3.14. The zero-order chi connectivity index (χ0) is 15.6. The largest absolute Gasteiger partial charge is 0.497 e. The van der Waals surface area contributed by atoms with Crippen LogP contribution in [0.4, 0.5) is 13.2 Å². The minimum Gasteiger partial charge on any atom is -0.497 e. The van der Waals surface area contributed by atoms with Crippen molar-refractivity contribution in [3.8, 4) is 11.5 Å². The predicted octanol–water partition coefficient (Wildman–Crippen LogP) is 3.17. The van der Waals surface area contributed by atoms with E-state index >= 15 is 0 Å². The number of hydrogen-bond donors (Lipinski definition) is 1. The van der Waals surface area contributed by atoms with Gasteiger partial charge < -0.3 is 15.2 Å². The molecule has 2 rings (SSSR count). The van der Waals surface area contributed by atoms with Crippen LogP contribution in [-0.4, -0.2) is 14.2 Å². The maximum absolute atomic E-state index is 14.0. The summed E-state index contributed by atoms with van der Waals surface area (Å²) >= 11 is 0. The van der Waals surface area contributed by atoms with Crippen LogP contribution in [0.1, 0.15) is 17.2 Å². The summed E-state index contributed by atoms with van der Waals surface area (Å²) in [5.74, 6) is -2.38. The Morgan fingerprint density at radius 2 is 1.52 bits per heavy atom. The molecular weight excluding hydrogens is 283 g/mol. The van der Waals surface area contributed by atoms with Gasteiger partial charge in [0.2, 0.25) is 0 Å². The lowest BCUT2D eigenvalue weighted by molar-refractivity contribution is 0.397. The van der Waals surface area contributed by atoms with Crippen LogP contribution in [-0.2, 0) is 0 Å². The minimum absolute atomic E-state index is 0.0152. The van der Waals surface area contributed by atoms with Crippen LogP contribution < -0.4 is 15.2 Å². The van der Waals surface area contributed by atoms with Gasteiger partial charge in [0.05, 0.1) is 25.8 Å². The third kappa shape index (κ3) is 2.80. The number of hydrogen-bond acceptors (Lipinski definition) is 3. The molecule has 0 aliphatic rings. The van der Waals surface area contributed by atoms with Crippen LogP contribution in [0.25, 0.3) is 0 Å². The van der Waals surface area contributed by atoms with Gasteiger partial charge in [-0.2, -0.15) is 0 Å². The summed E-state index contributed by atoms with van der Waals surface area (Å²) in [6, 6.07) is 4.68. The van der Waals surface area contributed by atoms with E-state index in [-0.39, 0.29) is 17.1 Å². The molecule has 0 saturated carbocycles. The van der Waals surface area contributed by atoms with Gasteiger partial charge in [0.25, 0.3) is 0 Å². The first-order valence-electron chi connectivity index (χ1n) is 6.10. The van der Waals surface area contributed by atoms with Crippen molar-refractivity contribution in [2.75, 3.05) is 14.2 Å². The summed E-state index contributed by atoms with van der Waals surface area (Å²) in [7, 11) is 2.61. The average Bonchev–Trinajstić information content (AvgIpc) is 2.45. The number of rotatable bonds is 4. The van der Waals surface area contributed by atoms with Gasteiger partial charge in [-0.3, -0.25) is 0 Å². The van der Waals surface area contributed by atoms with Crippen LogP contribution in [0.3, 0.4) is 0 Å². The van der Waals surface area contributed by atoms with Crippen LogP contribution in [0.2, 0.25) is 0 Å². The Morgan fingerprint density at radius 1 is 0.905 bits per heavy atom. The summed E-state index contributed by atoms with van der Waals surface area (Å²) in [4.78, 5) is 0. The van der Waals surface area contributed by atoms with Gasteiger partial charge in [-0.15, -0.1) is 0 Å². The zero-order valence-electron chi connectivity index (χ0n) is 11.5. The van der Waals surface area contributed by atoms with E-state index in [4.69, 9.17) is 15.2 Å². The van der Waals surface area contributed by atoms with Gasteiger partial charge in [0.15, 0.2) is 0 Å². The van der Waals surface area contributed by atoms with Crippen molar-refractivity contribution < 1.29 is 22.6 Å². The van der Waals surface area contributed by atoms with Gasteiger partial charge in [0, 0.05) is 17.7 Å². The van der Waals surface area contributed by atoms with E-state index in [9.17, 15) is 13.2 Å². The monoisotopic (exact) mass is 297 g/mol. The highest BCUT2D eigenvalue weighted by Gasteiger charge is 2.25. The van der Waals surface area contributed by atoms with E-state index in [1.165, 1.54) is 26.4 Å². The smallest absolute Gasteiger partial charge is 0.134 e. The predicted molar refractivity (Wildman–Crippen MR) is 71.9 cm³/mol. The number of methoxy groups -OCH3 is 2. The Balaban J connectivity index is 2.58. The molecule has 0 aliphatic carbocycles. The lowest BCUT2D eigenvalue weighted by Gasteiger charge is -2.18. The molecule has 2 N–H and O–H groups in total. The normalized spacial score (nSPS) is 12.1. The molecule has 2 aromatic rings. The van der Waals surface area contributed by atoms with E-state index in [1.807, 2.05) is 0 Å². The second-order valence-electron chi connectivity index (χ2n) is 4.34. The SMILES string of the molecule is COc1cc(F)c(C(N)c2c(F)cccc2OC)c(F)c1. The summed E-state index contributed by atoms with van der Waals surface area (Å²) in [5, 5.41) is 0.